The SMILES string of the molecule is CCOC(C)OC(C)C(=O)c1ccc2cc(OC)ccc2c1. The second-order valence-corrected chi connectivity index (χ2v) is 5.09. The Morgan fingerprint density at radius 3 is 2.45 bits per heavy atom. The summed E-state index contributed by atoms with van der Waals surface area (Å²) in [6.45, 7) is 5.99. The van der Waals surface area contributed by atoms with E-state index in [2.05, 4.69) is 0 Å². The molecule has 0 heterocycles. The van der Waals surface area contributed by atoms with E-state index in [9.17, 15) is 4.79 Å². The number of hydrogen-bond donors (Lipinski definition) is 0. The number of carbonyl (C=O) groups excluding carboxylic acids is 1. The standard InChI is InChI=1S/C18H22O4/c1-5-21-13(3)22-12(2)18(19)16-7-6-15-11-17(20-4)9-8-14(15)10-16/h6-13H,5H2,1-4H3. The van der Waals surface area contributed by atoms with Gasteiger partial charge in [0.25, 0.3) is 0 Å². The summed E-state index contributed by atoms with van der Waals surface area (Å²) in [7, 11) is 1.64. The van der Waals surface area contributed by atoms with Gasteiger partial charge in [0.15, 0.2) is 12.1 Å². The molecule has 0 aliphatic carbocycles. The van der Waals surface area contributed by atoms with E-state index in [0.29, 0.717) is 12.2 Å². The first-order valence-electron chi connectivity index (χ1n) is 7.44. The Morgan fingerprint density at radius 1 is 1.09 bits per heavy atom. The molecule has 0 amide bonds. The minimum Gasteiger partial charge on any atom is -0.497 e. The number of fused-ring (bicyclic) bond motifs is 1. The minimum atomic E-state index is -0.544. The molecule has 0 radical (unpaired) electrons. The first kappa shape index (κ1) is 16.5. The van der Waals surface area contributed by atoms with Gasteiger partial charge < -0.3 is 14.2 Å². The summed E-state index contributed by atoms with van der Waals surface area (Å²) in [5.74, 6) is 0.748. The van der Waals surface area contributed by atoms with Gasteiger partial charge in [0, 0.05) is 12.2 Å². The van der Waals surface area contributed by atoms with Gasteiger partial charge in [0.05, 0.1) is 7.11 Å². The van der Waals surface area contributed by atoms with Crippen LogP contribution in [0.25, 0.3) is 10.8 Å². The largest absolute Gasteiger partial charge is 0.497 e. The maximum atomic E-state index is 12.4. The van der Waals surface area contributed by atoms with Crippen LogP contribution in [0.3, 0.4) is 0 Å². The van der Waals surface area contributed by atoms with E-state index in [1.165, 1.54) is 0 Å². The van der Waals surface area contributed by atoms with E-state index >= 15 is 0 Å². The highest BCUT2D eigenvalue weighted by Gasteiger charge is 2.18. The minimum absolute atomic E-state index is 0.0516. The van der Waals surface area contributed by atoms with Gasteiger partial charge in [-0.2, -0.15) is 0 Å². The molecule has 4 nitrogen and oxygen atoms in total. The fourth-order valence-corrected chi connectivity index (χ4v) is 2.36. The van der Waals surface area contributed by atoms with Crippen LogP contribution in [0, 0.1) is 0 Å². The molecule has 2 rings (SSSR count). The molecular formula is C18H22O4. The van der Waals surface area contributed by atoms with E-state index in [-0.39, 0.29) is 5.78 Å². The molecule has 22 heavy (non-hydrogen) atoms. The average molecular weight is 302 g/mol. The van der Waals surface area contributed by atoms with E-state index in [1.54, 1.807) is 21.0 Å². The highest BCUT2D eigenvalue weighted by Crippen LogP contribution is 2.22. The molecule has 0 fully saturated rings. The van der Waals surface area contributed by atoms with Crippen molar-refractivity contribution in [2.45, 2.75) is 33.2 Å². The average Bonchev–Trinajstić information content (AvgIpc) is 2.53. The van der Waals surface area contributed by atoms with Gasteiger partial charge in [-0.15, -0.1) is 0 Å². The first-order valence-corrected chi connectivity index (χ1v) is 7.44. The zero-order valence-electron chi connectivity index (χ0n) is 13.5. The lowest BCUT2D eigenvalue weighted by Crippen LogP contribution is -2.27. The Labute approximate surface area is 131 Å². The molecule has 2 unspecified atom stereocenters. The molecular weight excluding hydrogens is 280 g/mol. The zero-order chi connectivity index (χ0) is 16.1. The van der Waals surface area contributed by atoms with Crippen molar-refractivity contribution in [1.29, 1.82) is 0 Å². The van der Waals surface area contributed by atoms with E-state index in [1.807, 2.05) is 43.3 Å². The Morgan fingerprint density at radius 2 is 1.77 bits per heavy atom. The van der Waals surface area contributed by atoms with Crippen LogP contribution in [0.1, 0.15) is 31.1 Å². The third-order valence-corrected chi connectivity index (χ3v) is 3.50. The van der Waals surface area contributed by atoms with Crippen molar-refractivity contribution in [3.63, 3.8) is 0 Å². The Balaban J connectivity index is 2.17. The molecule has 2 atom stereocenters. The molecule has 0 aromatic heterocycles. The summed E-state index contributed by atoms with van der Waals surface area (Å²) in [6.07, 6.45) is -0.939. The third-order valence-electron chi connectivity index (χ3n) is 3.50. The van der Waals surface area contributed by atoms with Gasteiger partial charge >= 0.3 is 0 Å². The van der Waals surface area contributed by atoms with Crippen LogP contribution in [0.2, 0.25) is 0 Å². The molecule has 118 valence electrons. The third kappa shape index (κ3) is 3.84. The van der Waals surface area contributed by atoms with Crippen molar-refractivity contribution >= 4 is 16.6 Å². The number of rotatable bonds is 7. The van der Waals surface area contributed by atoms with Crippen LogP contribution in [0.5, 0.6) is 5.75 Å². The van der Waals surface area contributed by atoms with E-state index in [4.69, 9.17) is 14.2 Å². The molecule has 0 aliphatic rings. The number of benzene rings is 2. The number of methoxy groups -OCH3 is 1. The van der Waals surface area contributed by atoms with Crippen LogP contribution in [-0.4, -0.2) is 31.9 Å². The predicted molar refractivity (Wildman–Crippen MR) is 86.5 cm³/mol. The van der Waals surface area contributed by atoms with Gasteiger partial charge in [-0.1, -0.05) is 18.2 Å². The second kappa shape index (κ2) is 7.38. The Bertz CT molecular complexity index is 651. The van der Waals surface area contributed by atoms with Gasteiger partial charge in [-0.3, -0.25) is 4.79 Å². The van der Waals surface area contributed by atoms with Gasteiger partial charge in [-0.25, -0.2) is 0 Å². The number of Topliss-reactive ketones (excluding diaryl/α,β-unsaturated/α-hetero) is 1. The summed E-state index contributed by atoms with van der Waals surface area (Å²) in [5, 5.41) is 2.03. The van der Waals surface area contributed by atoms with Crippen LogP contribution in [0.15, 0.2) is 36.4 Å². The normalized spacial score (nSPS) is 13.8. The second-order valence-electron chi connectivity index (χ2n) is 5.09. The first-order chi connectivity index (χ1) is 10.5. The van der Waals surface area contributed by atoms with Crippen LogP contribution >= 0.6 is 0 Å². The van der Waals surface area contributed by atoms with E-state index < -0.39 is 12.4 Å². The summed E-state index contributed by atoms with van der Waals surface area (Å²) in [4.78, 5) is 12.4. The number of hydrogen-bond acceptors (Lipinski definition) is 4. The summed E-state index contributed by atoms with van der Waals surface area (Å²) < 4.78 is 16.1. The highest BCUT2D eigenvalue weighted by atomic mass is 16.7. The lowest BCUT2D eigenvalue weighted by Gasteiger charge is -2.18. The molecule has 2 aromatic carbocycles. The molecule has 0 spiro atoms. The molecule has 2 aromatic rings. The zero-order valence-corrected chi connectivity index (χ0v) is 13.5. The van der Waals surface area contributed by atoms with Crippen molar-refractivity contribution in [1.82, 2.24) is 0 Å². The van der Waals surface area contributed by atoms with Gasteiger partial charge in [0.2, 0.25) is 0 Å². The number of carbonyl (C=O) groups is 1. The lowest BCUT2D eigenvalue weighted by atomic mass is 10.0. The summed E-state index contributed by atoms with van der Waals surface area (Å²) in [6, 6.07) is 11.4. The molecule has 0 aliphatic heterocycles. The smallest absolute Gasteiger partial charge is 0.191 e. The van der Waals surface area contributed by atoms with Crippen molar-refractivity contribution in [3.05, 3.63) is 42.0 Å². The summed E-state index contributed by atoms with van der Waals surface area (Å²) >= 11 is 0. The number of ketones is 1. The monoisotopic (exact) mass is 302 g/mol. The molecule has 0 saturated heterocycles. The predicted octanol–water partition coefficient (Wildman–Crippen LogP) is 3.82. The number of ether oxygens (including phenoxy) is 3. The molecule has 0 bridgehead atoms. The molecule has 0 saturated carbocycles. The fourth-order valence-electron chi connectivity index (χ4n) is 2.36. The Hall–Kier alpha value is -1.91. The van der Waals surface area contributed by atoms with E-state index in [0.717, 1.165) is 16.5 Å². The fraction of sp³-hybridized carbons (Fsp3) is 0.389. The van der Waals surface area contributed by atoms with Crippen molar-refractivity contribution in [2.75, 3.05) is 13.7 Å². The molecule has 0 N–H and O–H groups in total. The van der Waals surface area contributed by atoms with Crippen LogP contribution < -0.4 is 4.74 Å². The van der Waals surface area contributed by atoms with Crippen molar-refractivity contribution < 1.29 is 19.0 Å². The molecule has 4 heteroatoms. The Kier molecular flexibility index (Phi) is 5.52. The van der Waals surface area contributed by atoms with Crippen molar-refractivity contribution in [3.8, 4) is 5.75 Å². The maximum absolute atomic E-state index is 12.4. The van der Waals surface area contributed by atoms with Gasteiger partial charge in [0.1, 0.15) is 11.9 Å². The van der Waals surface area contributed by atoms with Crippen molar-refractivity contribution in [2.24, 2.45) is 0 Å². The topological polar surface area (TPSA) is 44.8 Å². The van der Waals surface area contributed by atoms with Crippen LogP contribution in [-0.2, 0) is 9.47 Å². The maximum Gasteiger partial charge on any atom is 0.191 e. The quantitative estimate of drug-likeness (QED) is 0.576. The van der Waals surface area contributed by atoms with Gasteiger partial charge in [-0.05, 0) is 49.7 Å². The van der Waals surface area contributed by atoms with Crippen LogP contribution in [0.4, 0.5) is 0 Å². The summed E-state index contributed by atoms with van der Waals surface area (Å²) in [5.41, 5.74) is 0.633. The lowest BCUT2D eigenvalue weighted by molar-refractivity contribution is -0.142. The highest BCUT2D eigenvalue weighted by molar-refractivity contribution is 6.02.